The molecule has 1 amide bonds. The average molecular weight is 289 g/mol. The zero-order valence-corrected chi connectivity index (χ0v) is 12.7. The Morgan fingerprint density at radius 1 is 1.32 bits per heavy atom. The van der Waals surface area contributed by atoms with Crippen molar-refractivity contribution in [1.29, 1.82) is 0 Å². The van der Waals surface area contributed by atoms with Crippen LogP contribution in [0.15, 0.2) is 18.2 Å². The number of amides is 1. The quantitative estimate of drug-likeness (QED) is 0.651. The molecule has 1 aromatic rings. The summed E-state index contributed by atoms with van der Waals surface area (Å²) in [6.45, 7) is 2.11. The summed E-state index contributed by atoms with van der Waals surface area (Å²) in [5.74, 6) is 0.978. The monoisotopic (exact) mass is 288 g/mol. The Morgan fingerprint density at radius 3 is 2.42 bits per heavy atom. The normalized spacial score (nSPS) is 11.5. The maximum Gasteiger partial charge on any atom is 0.412 e. The second-order valence-corrected chi connectivity index (χ2v) is 4.35. The number of carbonyl (C=O) groups excluding carboxylic acids is 1. The second-order valence-electron chi connectivity index (χ2n) is 4.35. The van der Waals surface area contributed by atoms with Gasteiger partial charge < -0.3 is 32.1 Å². The molecule has 0 spiro atoms. The third-order valence-corrected chi connectivity index (χ3v) is 2.96. The van der Waals surface area contributed by atoms with Crippen molar-refractivity contribution >= 4 is 6.09 Å². The molecule has 0 fully saturated rings. The Kier molecular flexibility index (Phi) is 7.26. The zero-order chi connectivity index (χ0) is 13.7. The van der Waals surface area contributed by atoms with E-state index in [-0.39, 0.29) is 12.4 Å². The minimum absolute atomic E-state index is 0. The van der Waals surface area contributed by atoms with Gasteiger partial charge in [0.1, 0.15) is 6.04 Å². The minimum atomic E-state index is -0.504. The Balaban J connectivity index is 0.00000324. The maximum absolute atomic E-state index is 11.3. The molecule has 0 saturated carbocycles. The number of hydrogen-bond donors (Lipinski definition) is 2. The van der Waals surface area contributed by atoms with E-state index in [2.05, 4.69) is 26.3 Å². The standard InChI is InChI=1S/C13H20N2O3.ClH/c1-9(15(3)4)10-6-7-11(17-5)12(8-10)18-13(16)14-2;/h6-9H,1-5H3,(H,14,16);1H. The number of nitrogens with one attached hydrogen (secondary N) is 2. The van der Waals surface area contributed by atoms with E-state index in [1.165, 1.54) is 11.9 Å². The van der Waals surface area contributed by atoms with Crippen molar-refractivity contribution in [1.82, 2.24) is 5.32 Å². The smallest absolute Gasteiger partial charge is 0.412 e. The van der Waals surface area contributed by atoms with E-state index in [0.717, 1.165) is 5.56 Å². The van der Waals surface area contributed by atoms with Crippen molar-refractivity contribution in [3.05, 3.63) is 23.8 Å². The van der Waals surface area contributed by atoms with Crippen LogP contribution >= 0.6 is 0 Å². The molecule has 2 N–H and O–H groups in total. The first-order valence-electron chi connectivity index (χ1n) is 5.87. The summed E-state index contributed by atoms with van der Waals surface area (Å²) < 4.78 is 10.3. The Bertz CT molecular complexity index is 424. The van der Waals surface area contributed by atoms with Crippen LogP contribution in [0.5, 0.6) is 11.5 Å². The zero-order valence-electron chi connectivity index (χ0n) is 11.9. The molecule has 1 rings (SSSR count). The summed E-state index contributed by atoms with van der Waals surface area (Å²) in [5.41, 5.74) is 1.09. The highest BCUT2D eigenvalue weighted by Gasteiger charge is 2.16. The van der Waals surface area contributed by atoms with Crippen LogP contribution < -0.4 is 32.1 Å². The van der Waals surface area contributed by atoms with Crippen molar-refractivity contribution in [2.75, 3.05) is 28.3 Å². The van der Waals surface area contributed by atoms with Crippen LogP contribution in [0, 0.1) is 0 Å². The minimum Gasteiger partial charge on any atom is -1.00 e. The van der Waals surface area contributed by atoms with Crippen molar-refractivity contribution in [3.63, 3.8) is 0 Å². The highest BCUT2D eigenvalue weighted by molar-refractivity contribution is 5.71. The number of quaternary nitrogens is 1. The fourth-order valence-electron chi connectivity index (χ4n) is 1.53. The fourth-order valence-corrected chi connectivity index (χ4v) is 1.53. The first-order chi connectivity index (χ1) is 8.49. The second kappa shape index (κ2) is 7.86. The molecule has 0 radical (unpaired) electrons. The van der Waals surface area contributed by atoms with Crippen LogP contribution in [0.1, 0.15) is 18.5 Å². The van der Waals surface area contributed by atoms with Gasteiger partial charge >= 0.3 is 6.09 Å². The summed E-state index contributed by atoms with van der Waals surface area (Å²) in [5, 5.41) is 2.41. The lowest BCUT2D eigenvalue weighted by Crippen LogP contribution is -3.05. The largest absolute Gasteiger partial charge is 1.00 e. The molecule has 1 aromatic carbocycles. The molecular weight excluding hydrogens is 268 g/mol. The lowest BCUT2D eigenvalue weighted by molar-refractivity contribution is -0.890. The molecule has 108 valence electrons. The van der Waals surface area contributed by atoms with Crippen molar-refractivity contribution < 1.29 is 31.6 Å². The Morgan fingerprint density at radius 2 is 1.95 bits per heavy atom. The fraction of sp³-hybridized carbons (Fsp3) is 0.462. The molecule has 1 unspecified atom stereocenters. The number of halogens is 1. The van der Waals surface area contributed by atoms with E-state index in [0.29, 0.717) is 17.5 Å². The third-order valence-electron chi connectivity index (χ3n) is 2.96. The predicted molar refractivity (Wildman–Crippen MR) is 69.3 cm³/mol. The van der Waals surface area contributed by atoms with E-state index >= 15 is 0 Å². The molecule has 0 saturated heterocycles. The van der Waals surface area contributed by atoms with Crippen molar-refractivity contribution in [2.45, 2.75) is 13.0 Å². The Labute approximate surface area is 120 Å². The topological polar surface area (TPSA) is 52.0 Å². The van der Waals surface area contributed by atoms with Gasteiger partial charge in [-0.2, -0.15) is 0 Å². The SMILES string of the molecule is CNC(=O)Oc1cc(C(C)[NH+](C)C)ccc1OC.[Cl-]. The summed E-state index contributed by atoms with van der Waals surface area (Å²) in [4.78, 5) is 12.6. The summed E-state index contributed by atoms with van der Waals surface area (Å²) in [6.07, 6.45) is -0.504. The first kappa shape index (κ1) is 17.5. The molecular formula is C13H21ClN2O3. The van der Waals surface area contributed by atoms with Crippen LogP contribution in [-0.4, -0.2) is 34.3 Å². The molecule has 1 atom stereocenters. The predicted octanol–water partition coefficient (Wildman–Crippen LogP) is -2.38. The molecule has 0 bridgehead atoms. The van der Waals surface area contributed by atoms with Crippen LogP contribution in [0.2, 0.25) is 0 Å². The maximum atomic E-state index is 11.3. The lowest BCUT2D eigenvalue weighted by atomic mass is 10.1. The van der Waals surface area contributed by atoms with Crippen molar-refractivity contribution in [3.8, 4) is 11.5 Å². The number of rotatable bonds is 4. The number of methoxy groups -OCH3 is 1. The Hall–Kier alpha value is -1.46. The van der Waals surface area contributed by atoms with Gasteiger partial charge in [0, 0.05) is 12.6 Å². The van der Waals surface area contributed by atoms with Crippen LogP contribution in [0.3, 0.4) is 0 Å². The lowest BCUT2D eigenvalue weighted by Gasteiger charge is -2.18. The van der Waals surface area contributed by atoms with Gasteiger partial charge in [0.2, 0.25) is 0 Å². The number of benzene rings is 1. The van der Waals surface area contributed by atoms with Gasteiger partial charge in [-0.05, 0) is 25.1 Å². The highest BCUT2D eigenvalue weighted by Crippen LogP contribution is 2.29. The molecule has 6 heteroatoms. The van der Waals surface area contributed by atoms with Crippen LogP contribution in [-0.2, 0) is 0 Å². The summed E-state index contributed by atoms with van der Waals surface area (Å²) in [7, 11) is 7.22. The van der Waals surface area contributed by atoms with Gasteiger partial charge in [-0.25, -0.2) is 4.79 Å². The van der Waals surface area contributed by atoms with E-state index in [1.54, 1.807) is 7.11 Å². The molecule has 5 nitrogen and oxygen atoms in total. The van der Waals surface area contributed by atoms with Crippen LogP contribution in [0.25, 0.3) is 0 Å². The number of carbonyl (C=O) groups is 1. The molecule has 0 heterocycles. The van der Waals surface area contributed by atoms with E-state index in [4.69, 9.17) is 9.47 Å². The number of hydrogen-bond acceptors (Lipinski definition) is 3. The molecule has 19 heavy (non-hydrogen) atoms. The van der Waals surface area contributed by atoms with E-state index in [1.807, 2.05) is 18.2 Å². The number of ether oxygens (including phenoxy) is 2. The van der Waals surface area contributed by atoms with Crippen LogP contribution in [0.4, 0.5) is 4.79 Å². The average Bonchev–Trinajstić information content (AvgIpc) is 2.37. The van der Waals surface area contributed by atoms with Gasteiger partial charge in [0.05, 0.1) is 21.2 Å². The molecule has 0 aliphatic carbocycles. The molecule has 0 aromatic heterocycles. The molecule has 0 aliphatic heterocycles. The van der Waals surface area contributed by atoms with Gasteiger partial charge in [-0.3, -0.25) is 0 Å². The van der Waals surface area contributed by atoms with Gasteiger partial charge in [-0.15, -0.1) is 0 Å². The summed E-state index contributed by atoms with van der Waals surface area (Å²) >= 11 is 0. The highest BCUT2D eigenvalue weighted by atomic mass is 35.5. The van der Waals surface area contributed by atoms with Gasteiger partial charge in [0.15, 0.2) is 11.5 Å². The van der Waals surface area contributed by atoms with E-state index < -0.39 is 6.09 Å². The first-order valence-corrected chi connectivity index (χ1v) is 5.87. The van der Waals surface area contributed by atoms with Gasteiger partial charge in [0.25, 0.3) is 0 Å². The van der Waals surface area contributed by atoms with Gasteiger partial charge in [-0.1, -0.05) is 0 Å². The molecule has 0 aliphatic rings. The third kappa shape index (κ3) is 4.61. The summed E-state index contributed by atoms with van der Waals surface area (Å²) in [6, 6.07) is 5.94. The van der Waals surface area contributed by atoms with Crippen molar-refractivity contribution in [2.24, 2.45) is 0 Å². The van der Waals surface area contributed by atoms with E-state index in [9.17, 15) is 4.79 Å².